The SMILES string of the molecule is CC(C)c1ccc(C(=O)Nc2ncccn2)cc1. The summed E-state index contributed by atoms with van der Waals surface area (Å²) in [6.07, 6.45) is 3.18. The molecule has 1 aromatic carbocycles. The van der Waals surface area contributed by atoms with Crippen LogP contribution in [-0.2, 0) is 0 Å². The molecule has 18 heavy (non-hydrogen) atoms. The minimum atomic E-state index is -0.198. The Morgan fingerprint density at radius 1 is 1.11 bits per heavy atom. The van der Waals surface area contributed by atoms with Crippen molar-refractivity contribution in [3.8, 4) is 0 Å². The Morgan fingerprint density at radius 2 is 1.72 bits per heavy atom. The molecule has 1 amide bonds. The first-order chi connectivity index (χ1) is 8.66. The molecule has 1 aromatic heterocycles. The first-order valence-electron chi connectivity index (χ1n) is 5.85. The molecule has 1 N–H and O–H groups in total. The van der Waals surface area contributed by atoms with Gasteiger partial charge < -0.3 is 0 Å². The van der Waals surface area contributed by atoms with Gasteiger partial charge in [-0.15, -0.1) is 0 Å². The van der Waals surface area contributed by atoms with E-state index in [1.807, 2.05) is 24.3 Å². The van der Waals surface area contributed by atoms with Gasteiger partial charge in [-0.2, -0.15) is 0 Å². The number of aromatic nitrogens is 2. The molecule has 0 radical (unpaired) electrons. The van der Waals surface area contributed by atoms with E-state index in [1.165, 1.54) is 5.56 Å². The highest BCUT2D eigenvalue weighted by Gasteiger charge is 2.07. The first kappa shape index (κ1) is 12.2. The number of hydrogen-bond donors (Lipinski definition) is 1. The number of nitrogens with one attached hydrogen (secondary N) is 1. The molecule has 0 spiro atoms. The van der Waals surface area contributed by atoms with Crippen LogP contribution < -0.4 is 5.32 Å². The van der Waals surface area contributed by atoms with E-state index in [4.69, 9.17) is 0 Å². The summed E-state index contributed by atoms with van der Waals surface area (Å²) in [5.41, 5.74) is 1.81. The van der Waals surface area contributed by atoms with Crippen molar-refractivity contribution in [2.24, 2.45) is 0 Å². The molecule has 0 aliphatic heterocycles. The lowest BCUT2D eigenvalue weighted by Crippen LogP contribution is -2.13. The van der Waals surface area contributed by atoms with Crippen LogP contribution in [0.2, 0.25) is 0 Å². The Bertz CT molecular complexity index is 520. The summed E-state index contributed by atoms with van der Waals surface area (Å²) in [5.74, 6) is 0.575. The molecule has 0 atom stereocenters. The molecule has 0 saturated carbocycles. The number of amides is 1. The fourth-order valence-corrected chi connectivity index (χ4v) is 1.56. The number of carbonyl (C=O) groups is 1. The molecule has 0 aliphatic rings. The minimum Gasteiger partial charge on any atom is -0.290 e. The van der Waals surface area contributed by atoms with E-state index in [0.29, 0.717) is 17.4 Å². The van der Waals surface area contributed by atoms with Gasteiger partial charge in [0.05, 0.1) is 0 Å². The lowest BCUT2D eigenvalue weighted by molar-refractivity contribution is 0.102. The van der Waals surface area contributed by atoms with Crippen molar-refractivity contribution in [1.29, 1.82) is 0 Å². The monoisotopic (exact) mass is 241 g/mol. The highest BCUT2D eigenvalue weighted by Crippen LogP contribution is 2.15. The fraction of sp³-hybridized carbons (Fsp3) is 0.214. The van der Waals surface area contributed by atoms with Crippen LogP contribution in [0.25, 0.3) is 0 Å². The van der Waals surface area contributed by atoms with E-state index < -0.39 is 0 Å². The number of hydrogen-bond acceptors (Lipinski definition) is 3. The maximum atomic E-state index is 11.9. The van der Waals surface area contributed by atoms with Crippen LogP contribution in [0.4, 0.5) is 5.95 Å². The number of benzene rings is 1. The van der Waals surface area contributed by atoms with Crippen LogP contribution in [0.1, 0.15) is 35.7 Å². The molecular weight excluding hydrogens is 226 g/mol. The molecule has 0 aliphatic carbocycles. The molecule has 92 valence electrons. The van der Waals surface area contributed by atoms with Crippen molar-refractivity contribution < 1.29 is 4.79 Å². The molecule has 0 saturated heterocycles. The second-order valence-electron chi connectivity index (χ2n) is 4.30. The largest absolute Gasteiger partial charge is 0.290 e. The molecule has 4 heteroatoms. The van der Waals surface area contributed by atoms with E-state index in [2.05, 4.69) is 29.1 Å². The molecule has 0 unspecified atom stereocenters. The van der Waals surface area contributed by atoms with Gasteiger partial charge in [0, 0.05) is 18.0 Å². The van der Waals surface area contributed by atoms with Crippen molar-refractivity contribution >= 4 is 11.9 Å². The van der Waals surface area contributed by atoms with Crippen LogP contribution in [0, 0.1) is 0 Å². The molecule has 0 bridgehead atoms. The van der Waals surface area contributed by atoms with Crippen LogP contribution >= 0.6 is 0 Å². The molecule has 0 fully saturated rings. The second-order valence-corrected chi connectivity index (χ2v) is 4.30. The Kier molecular flexibility index (Phi) is 3.67. The van der Waals surface area contributed by atoms with E-state index in [9.17, 15) is 4.79 Å². The summed E-state index contributed by atoms with van der Waals surface area (Å²) in [5, 5.41) is 2.65. The smallest absolute Gasteiger partial charge is 0.258 e. The zero-order chi connectivity index (χ0) is 13.0. The van der Waals surface area contributed by atoms with Crippen LogP contribution in [0.5, 0.6) is 0 Å². The highest BCUT2D eigenvalue weighted by atomic mass is 16.1. The fourth-order valence-electron chi connectivity index (χ4n) is 1.56. The zero-order valence-electron chi connectivity index (χ0n) is 10.4. The predicted octanol–water partition coefficient (Wildman–Crippen LogP) is 2.85. The van der Waals surface area contributed by atoms with Crippen LogP contribution in [0.15, 0.2) is 42.7 Å². The summed E-state index contributed by atoms with van der Waals surface area (Å²) < 4.78 is 0. The third-order valence-corrected chi connectivity index (χ3v) is 2.63. The van der Waals surface area contributed by atoms with Gasteiger partial charge in [0.2, 0.25) is 5.95 Å². The first-order valence-corrected chi connectivity index (χ1v) is 5.85. The summed E-state index contributed by atoms with van der Waals surface area (Å²) in [7, 11) is 0. The zero-order valence-corrected chi connectivity index (χ0v) is 10.4. The van der Waals surface area contributed by atoms with E-state index in [0.717, 1.165) is 0 Å². The molecule has 2 rings (SSSR count). The number of nitrogens with zero attached hydrogens (tertiary/aromatic N) is 2. The van der Waals surface area contributed by atoms with Crippen molar-refractivity contribution in [2.45, 2.75) is 19.8 Å². The number of carbonyl (C=O) groups excluding carboxylic acids is 1. The van der Waals surface area contributed by atoms with Crippen molar-refractivity contribution in [3.63, 3.8) is 0 Å². The average Bonchev–Trinajstić information content (AvgIpc) is 2.40. The summed E-state index contributed by atoms with van der Waals surface area (Å²) in [6.45, 7) is 4.24. The molecule has 1 heterocycles. The third-order valence-electron chi connectivity index (χ3n) is 2.63. The standard InChI is InChI=1S/C14H15N3O/c1-10(2)11-4-6-12(7-5-11)13(18)17-14-15-8-3-9-16-14/h3-10H,1-2H3,(H,15,16,17,18). The normalized spacial score (nSPS) is 10.4. The van der Waals surface area contributed by atoms with Gasteiger partial charge in [-0.25, -0.2) is 9.97 Å². The number of anilines is 1. The van der Waals surface area contributed by atoms with Gasteiger partial charge >= 0.3 is 0 Å². The Labute approximate surface area is 106 Å². The Morgan fingerprint density at radius 3 is 2.28 bits per heavy atom. The topological polar surface area (TPSA) is 54.9 Å². The van der Waals surface area contributed by atoms with Crippen molar-refractivity contribution in [3.05, 3.63) is 53.9 Å². The highest BCUT2D eigenvalue weighted by molar-refractivity contribution is 6.03. The van der Waals surface area contributed by atoms with Gasteiger partial charge in [0.25, 0.3) is 5.91 Å². The van der Waals surface area contributed by atoms with Gasteiger partial charge in [0.15, 0.2) is 0 Å². The van der Waals surface area contributed by atoms with Crippen molar-refractivity contribution in [1.82, 2.24) is 9.97 Å². The van der Waals surface area contributed by atoms with Gasteiger partial charge in [-0.1, -0.05) is 26.0 Å². The second kappa shape index (κ2) is 5.40. The van der Waals surface area contributed by atoms with Crippen LogP contribution in [0.3, 0.4) is 0 Å². The van der Waals surface area contributed by atoms with Gasteiger partial charge in [-0.3, -0.25) is 10.1 Å². The lowest BCUT2D eigenvalue weighted by atomic mass is 10.0. The van der Waals surface area contributed by atoms with Crippen LogP contribution in [-0.4, -0.2) is 15.9 Å². The van der Waals surface area contributed by atoms with E-state index >= 15 is 0 Å². The van der Waals surface area contributed by atoms with E-state index in [1.54, 1.807) is 18.5 Å². The lowest BCUT2D eigenvalue weighted by Gasteiger charge is -2.07. The maximum absolute atomic E-state index is 11.9. The average molecular weight is 241 g/mol. The Balaban J connectivity index is 2.10. The Hall–Kier alpha value is -2.23. The third kappa shape index (κ3) is 2.91. The summed E-state index contributed by atoms with van der Waals surface area (Å²) in [4.78, 5) is 19.8. The number of rotatable bonds is 3. The summed E-state index contributed by atoms with van der Waals surface area (Å²) >= 11 is 0. The summed E-state index contributed by atoms with van der Waals surface area (Å²) in [6, 6.07) is 9.26. The molecular formula is C14H15N3O. The quantitative estimate of drug-likeness (QED) is 0.899. The van der Waals surface area contributed by atoms with Crippen molar-refractivity contribution in [2.75, 3.05) is 5.32 Å². The predicted molar refractivity (Wildman–Crippen MR) is 70.5 cm³/mol. The molecule has 4 nitrogen and oxygen atoms in total. The van der Waals surface area contributed by atoms with E-state index in [-0.39, 0.29) is 5.91 Å². The molecule has 2 aromatic rings. The van der Waals surface area contributed by atoms with Gasteiger partial charge in [0.1, 0.15) is 0 Å². The minimum absolute atomic E-state index is 0.198. The maximum Gasteiger partial charge on any atom is 0.258 e. The van der Waals surface area contributed by atoms with Gasteiger partial charge in [-0.05, 0) is 29.7 Å².